The van der Waals surface area contributed by atoms with Crippen LogP contribution in [0.2, 0.25) is 5.02 Å². The van der Waals surface area contributed by atoms with Crippen LogP contribution in [-0.4, -0.2) is 41.8 Å². The largest absolute Gasteiger partial charge is 0.360 e. The van der Waals surface area contributed by atoms with Gasteiger partial charge < -0.3 is 20.5 Å². The van der Waals surface area contributed by atoms with E-state index < -0.39 is 0 Å². The summed E-state index contributed by atoms with van der Waals surface area (Å²) in [5.74, 6) is -0.512. The number of fused-ring (bicyclic) bond motifs is 1. The number of halogens is 1. The molecule has 1 aliphatic rings. The first kappa shape index (κ1) is 26.0. The molecule has 0 saturated heterocycles. The smallest absolute Gasteiger partial charge is 0.251 e. The lowest BCUT2D eigenvalue weighted by Gasteiger charge is -2.31. The fourth-order valence-electron chi connectivity index (χ4n) is 5.35. The van der Waals surface area contributed by atoms with Crippen molar-refractivity contribution in [3.05, 3.63) is 89.1 Å². The van der Waals surface area contributed by atoms with Gasteiger partial charge >= 0.3 is 0 Å². The van der Waals surface area contributed by atoms with E-state index in [4.69, 9.17) is 11.6 Å². The van der Waals surface area contributed by atoms with Crippen LogP contribution in [-0.2, 0) is 11.3 Å². The highest BCUT2D eigenvalue weighted by atomic mass is 35.5. The summed E-state index contributed by atoms with van der Waals surface area (Å²) < 4.78 is 0. The number of anilines is 1. The van der Waals surface area contributed by atoms with Crippen LogP contribution in [0.1, 0.15) is 41.6 Å². The monoisotopic (exact) mass is 528 g/mol. The van der Waals surface area contributed by atoms with Gasteiger partial charge in [0.05, 0.1) is 10.9 Å². The second kappa shape index (κ2) is 11.4. The van der Waals surface area contributed by atoms with Crippen molar-refractivity contribution in [2.75, 3.05) is 19.4 Å². The van der Waals surface area contributed by atoms with Crippen LogP contribution in [0.4, 0.5) is 5.69 Å². The van der Waals surface area contributed by atoms with Crippen molar-refractivity contribution in [1.82, 2.24) is 15.2 Å². The van der Waals surface area contributed by atoms with E-state index in [1.54, 1.807) is 18.3 Å². The highest BCUT2D eigenvalue weighted by Crippen LogP contribution is 2.29. The van der Waals surface area contributed by atoms with Gasteiger partial charge in [-0.2, -0.15) is 0 Å². The maximum absolute atomic E-state index is 13.3. The molecule has 2 amide bonds. The Morgan fingerprint density at radius 2 is 1.76 bits per heavy atom. The molecule has 0 unspecified atom stereocenters. The van der Waals surface area contributed by atoms with Gasteiger partial charge in [0.2, 0.25) is 5.91 Å². The molecule has 4 aromatic rings. The third-order valence-electron chi connectivity index (χ3n) is 7.28. The average Bonchev–Trinajstić information content (AvgIpc) is 3.29. The van der Waals surface area contributed by atoms with Crippen LogP contribution in [0.5, 0.6) is 0 Å². The number of hydrogen-bond acceptors (Lipinski definition) is 3. The van der Waals surface area contributed by atoms with Crippen LogP contribution in [0.15, 0.2) is 72.9 Å². The van der Waals surface area contributed by atoms with E-state index in [1.165, 1.54) is 11.1 Å². The quantitative estimate of drug-likeness (QED) is 0.257. The standard InChI is InChI=1S/C31H33ClN4O2/c1-36(2)19-22-7-3-4-8-24(22)20-11-14-23(15-12-20)34-31(38)26-9-5-6-10-28(26)35-30(37)21-13-16-25-27(32)18-33-29(25)17-21/h3-4,7-8,11-18,26,28,33H,5-6,9-10,19H2,1-2H3,(H,34,38)(H,35,37)/t26-,28+/m0/s1. The van der Waals surface area contributed by atoms with Gasteiger partial charge in [0.15, 0.2) is 0 Å². The number of H-pyrrole nitrogens is 1. The fourth-order valence-corrected chi connectivity index (χ4v) is 5.57. The molecule has 7 heteroatoms. The summed E-state index contributed by atoms with van der Waals surface area (Å²) in [6.07, 6.45) is 5.20. The van der Waals surface area contributed by atoms with E-state index in [-0.39, 0.29) is 23.8 Å². The molecule has 0 radical (unpaired) electrons. The maximum Gasteiger partial charge on any atom is 0.251 e. The van der Waals surface area contributed by atoms with Gasteiger partial charge in [-0.1, -0.05) is 66.9 Å². The molecular formula is C31H33ClN4O2. The zero-order valence-corrected chi connectivity index (χ0v) is 22.5. The van der Waals surface area contributed by atoms with Gasteiger partial charge in [0, 0.05) is 40.9 Å². The normalized spacial score (nSPS) is 17.5. The van der Waals surface area contributed by atoms with Crippen molar-refractivity contribution >= 4 is 40.0 Å². The molecule has 5 rings (SSSR count). The highest BCUT2D eigenvalue weighted by molar-refractivity contribution is 6.35. The summed E-state index contributed by atoms with van der Waals surface area (Å²) in [5.41, 5.74) is 5.68. The lowest BCUT2D eigenvalue weighted by molar-refractivity contribution is -0.121. The van der Waals surface area contributed by atoms with Crippen molar-refractivity contribution in [3.8, 4) is 11.1 Å². The first-order valence-electron chi connectivity index (χ1n) is 13.1. The van der Waals surface area contributed by atoms with Gasteiger partial charge in [-0.25, -0.2) is 0 Å². The Labute approximate surface area is 228 Å². The third kappa shape index (κ3) is 5.77. The molecule has 6 nitrogen and oxygen atoms in total. The van der Waals surface area contributed by atoms with Crippen LogP contribution >= 0.6 is 11.6 Å². The minimum Gasteiger partial charge on any atom is -0.360 e. The summed E-state index contributed by atoms with van der Waals surface area (Å²) in [7, 11) is 4.12. The van der Waals surface area contributed by atoms with E-state index >= 15 is 0 Å². The number of nitrogens with one attached hydrogen (secondary N) is 3. The number of aromatic nitrogens is 1. The van der Waals surface area contributed by atoms with E-state index in [0.29, 0.717) is 10.6 Å². The molecule has 1 aliphatic carbocycles. The molecule has 2 atom stereocenters. The van der Waals surface area contributed by atoms with Crippen LogP contribution in [0, 0.1) is 5.92 Å². The third-order valence-corrected chi connectivity index (χ3v) is 7.59. The first-order valence-corrected chi connectivity index (χ1v) is 13.5. The summed E-state index contributed by atoms with van der Waals surface area (Å²) in [5, 5.41) is 7.72. The van der Waals surface area contributed by atoms with Crippen molar-refractivity contribution in [2.24, 2.45) is 5.92 Å². The van der Waals surface area contributed by atoms with Crippen LogP contribution in [0.3, 0.4) is 0 Å². The lowest BCUT2D eigenvalue weighted by Crippen LogP contribution is -2.46. The Morgan fingerprint density at radius 3 is 2.55 bits per heavy atom. The average molecular weight is 529 g/mol. The fraction of sp³-hybridized carbons (Fsp3) is 0.290. The van der Waals surface area contributed by atoms with E-state index in [0.717, 1.165) is 54.4 Å². The van der Waals surface area contributed by atoms with Crippen molar-refractivity contribution in [2.45, 2.75) is 38.3 Å². The summed E-state index contributed by atoms with van der Waals surface area (Å²) in [6.45, 7) is 0.857. The zero-order chi connectivity index (χ0) is 26.6. The van der Waals surface area contributed by atoms with Gasteiger partial charge in [-0.3, -0.25) is 9.59 Å². The highest BCUT2D eigenvalue weighted by Gasteiger charge is 2.32. The lowest BCUT2D eigenvalue weighted by atomic mass is 9.83. The van der Waals surface area contributed by atoms with Crippen molar-refractivity contribution in [3.63, 3.8) is 0 Å². The van der Waals surface area contributed by atoms with E-state index in [2.05, 4.69) is 52.8 Å². The predicted octanol–water partition coefficient (Wildman–Crippen LogP) is 6.48. The van der Waals surface area contributed by atoms with Gasteiger partial charge in [-0.05, 0) is 67.9 Å². The van der Waals surface area contributed by atoms with Crippen molar-refractivity contribution in [1.29, 1.82) is 0 Å². The maximum atomic E-state index is 13.3. The zero-order valence-electron chi connectivity index (χ0n) is 21.8. The van der Waals surface area contributed by atoms with E-state index in [1.807, 2.05) is 36.4 Å². The van der Waals surface area contributed by atoms with Gasteiger partial charge in [0.1, 0.15) is 0 Å². The molecular weight excluding hydrogens is 496 g/mol. The number of benzene rings is 3. The second-order valence-corrected chi connectivity index (χ2v) is 10.7. The molecule has 1 aromatic heterocycles. The first-order chi connectivity index (χ1) is 18.4. The molecule has 1 saturated carbocycles. The molecule has 0 aliphatic heterocycles. The molecule has 3 N–H and O–H groups in total. The van der Waals surface area contributed by atoms with Gasteiger partial charge in [-0.15, -0.1) is 0 Å². The number of carbonyl (C=O) groups excluding carboxylic acids is 2. The second-order valence-electron chi connectivity index (χ2n) is 10.3. The molecule has 38 heavy (non-hydrogen) atoms. The SMILES string of the molecule is CN(C)Cc1ccccc1-c1ccc(NC(=O)[C@H]2CCCC[C@H]2NC(=O)c2ccc3c(Cl)c[nH]c3c2)cc1. The Hall–Kier alpha value is -3.61. The molecule has 1 heterocycles. The summed E-state index contributed by atoms with van der Waals surface area (Å²) in [6, 6.07) is 21.6. The predicted molar refractivity (Wildman–Crippen MR) is 154 cm³/mol. The van der Waals surface area contributed by atoms with E-state index in [9.17, 15) is 9.59 Å². The number of aromatic amines is 1. The Morgan fingerprint density at radius 1 is 1.00 bits per heavy atom. The number of carbonyl (C=O) groups is 2. The minimum atomic E-state index is -0.281. The molecule has 196 valence electrons. The van der Waals surface area contributed by atoms with Crippen molar-refractivity contribution < 1.29 is 9.59 Å². The topological polar surface area (TPSA) is 77.2 Å². The summed E-state index contributed by atoms with van der Waals surface area (Å²) in [4.78, 5) is 31.6. The van der Waals surface area contributed by atoms with Gasteiger partial charge in [0.25, 0.3) is 5.91 Å². The number of amides is 2. The molecule has 0 spiro atoms. The molecule has 1 fully saturated rings. The Bertz CT molecular complexity index is 1440. The Kier molecular flexibility index (Phi) is 7.82. The summed E-state index contributed by atoms with van der Waals surface area (Å²) >= 11 is 6.17. The number of hydrogen-bond donors (Lipinski definition) is 3. The molecule has 0 bridgehead atoms. The van der Waals surface area contributed by atoms with Crippen LogP contribution < -0.4 is 10.6 Å². The number of rotatable bonds is 7. The van der Waals surface area contributed by atoms with Crippen LogP contribution in [0.25, 0.3) is 22.0 Å². The minimum absolute atomic E-state index is 0.0534. The Balaban J connectivity index is 1.26. The molecule has 3 aromatic carbocycles. The number of nitrogens with zero attached hydrogens (tertiary/aromatic N) is 1.